The lowest BCUT2D eigenvalue weighted by atomic mass is 9.74. The van der Waals surface area contributed by atoms with E-state index in [9.17, 15) is 13.2 Å². The molecule has 0 bridgehead atoms. The zero-order valence-electron chi connectivity index (χ0n) is 18.8. The Bertz CT molecular complexity index is 457. The Labute approximate surface area is 170 Å². The number of hydrogen-bond donors (Lipinski definition) is 0. The molecule has 0 N–H and O–H groups in total. The van der Waals surface area contributed by atoms with E-state index >= 15 is 0 Å². The lowest BCUT2D eigenvalue weighted by Crippen LogP contribution is -2.55. The van der Waals surface area contributed by atoms with Crippen LogP contribution in [0, 0.1) is 23.7 Å². The minimum Gasteiger partial charge on any atom is -0.295 e. The van der Waals surface area contributed by atoms with Gasteiger partial charge in [-0.25, -0.2) is 0 Å². The smallest absolute Gasteiger partial charge is 0.295 e. The van der Waals surface area contributed by atoms with E-state index in [1.165, 1.54) is 32.1 Å². The summed E-state index contributed by atoms with van der Waals surface area (Å²) in [5.74, 6) is 0.0655. The third-order valence-electron chi connectivity index (χ3n) is 6.93. The molecule has 5 heteroatoms. The molecule has 28 heavy (non-hydrogen) atoms. The summed E-state index contributed by atoms with van der Waals surface area (Å²) in [5, 5.41) is 2.18. The molecule has 166 valence electrons. The van der Waals surface area contributed by atoms with Crippen LogP contribution in [0.5, 0.6) is 0 Å². The monoisotopic (exact) mass is 405 g/mol. The summed E-state index contributed by atoms with van der Waals surface area (Å²) >= 11 is 0. The van der Waals surface area contributed by atoms with E-state index in [2.05, 4.69) is 46.6 Å². The standard InChI is InChI=1S/C23H42F3NO/c1-16(2)21(19-12-14-20(15-13-19)23(24,25)26)27(22(4,5)6)28-17(3)18-10-8-7-9-11-18/h16-21H,7-15H2,1-6H3. The predicted molar refractivity (Wildman–Crippen MR) is 109 cm³/mol. The number of rotatable bonds is 6. The molecule has 0 saturated heterocycles. The first-order chi connectivity index (χ1) is 12.9. The first kappa shape index (κ1) is 24.0. The van der Waals surface area contributed by atoms with Gasteiger partial charge in [0.25, 0.3) is 0 Å². The van der Waals surface area contributed by atoms with E-state index < -0.39 is 12.1 Å². The first-order valence-electron chi connectivity index (χ1n) is 11.4. The van der Waals surface area contributed by atoms with Crippen LogP contribution in [-0.4, -0.2) is 28.9 Å². The zero-order valence-corrected chi connectivity index (χ0v) is 18.8. The molecule has 2 atom stereocenters. The van der Waals surface area contributed by atoms with Crippen LogP contribution in [0.15, 0.2) is 0 Å². The van der Waals surface area contributed by atoms with E-state index in [1.807, 2.05) is 0 Å². The van der Waals surface area contributed by atoms with Gasteiger partial charge in [-0.1, -0.05) is 33.1 Å². The molecule has 0 aromatic carbocycles. The molecule has 2 nitrogen and oxygen atoms in total. The van der Waals surface area contributed by atoms with Crippen LogP contribution >= 0.6 is 0 Å². The van der Waals surface area contributed by atoms with E-state index in [-0.39, 0.29) is 36.4 Å². The molecule has 0 spiro atoms. The summed E-state index contributed by atoms with van der Waals surface area (Å²) in [4.78, 5) is 6.64. The summed E-state index contributed by atoms with van der Waals surface area (Å²) in [5.41, 5.74) is -0.182. The van der Waals surface area contributed by atoms with Gasteiger partial charge in [0.2, 0.25) is 0 Å². The molecule has 0 amide bonds. The van der Waals surface area contributed by atoms with Crippen LogP contribution < -0.4 is 0 Å². The van der Waals surface area contributed by atoms with Crippen molar-refractivity contribution in [2.45, 2.75) is 123 Å². The topological polar surface area (TPSA) is 12.5 Å². The largest absolute Gasteiger partial charge is 0.391 e. The quantitative estimate of drug-likeness (QED) is 0.427. The Hall–Kier alpha value is -0.290. The van der Waals surface area contributed by atoms with Crippen molar-refractivity contribution < 1.29 is 18.0 Å². The van der Waals surface area contributed by atoms with E-state index in [4.69, 9.17) is 4.84 Å². The molecule has 0 aromatic heterocycles. The number of hydrogen-bond acceptors (Lipinski definition) is 2. The van der Waals surface area contributed by atoms with Crippen LogP contribution in [0.2, 0.25) is 0 Å². The molecule has 0 aromatic rings. The van der Waals surface area contributed by atoms with Crippen molar-refractivity contribution in [3.8, 4) is 0 Å². The second kappa shape index (κ2) is 9.68. The molecule has 2 aliphatic carbocycles. The van der Waals surface area contributed by atoms with E-state index in [0.717, 1.165) is 0 Å². The van der Waals surface area contributed by atoms with Crippen molar-refractivity contribution in [3.63, 3.8) is 0 Å². The van der Waals surface area contributed by atoms with Gasteiger partial charge in [0, 0.05) is 11.6 Å². The van der Waals surface area contributed by atoms with Crippen molar-refractivity contribution in [2.24, 2.45) is 23.7 Å². The van der Waals surface area contributed by atoms with Gasteiger partial charge in [-0.2, -0.15) is 18.2 Å². The Kier molecular flexibility index (Phi) is 8.29. The lowest BCUT2D eigenvalue weighted by Gasteiger charge is -2.49. The SMILES string of the molecule is CC(C)C(C1CCC(C(F)(F)F)CC1)N(OC(C)C1CCCCC1)C(C)(C)C. The molecular weight excluding hydrogens is 363 g/mol. The number of halogens is 3. The van der Waals surface area contributed by atoms with E-state index in [0.29, 0.717) is 24.7 Å². The summed E-state index contributed by atoms with van der Waals surface area (Å²) in [6.07, 6.45) is 4.24. The molecule has 2 aliphatic rings. The fourth-order valence-corrected chi connectivity index (χ4v) is 5.34. The molecule has 0 radical (unpaired) electrons. The minimum atomic E-state index is -4.05. The lowest BCUT2D eigenvalue weighted by molar-refractivity contribution is -0.289. The highest BCUT2D eigenvalue weighted by atomic mass is 19.4. The van der Waals surface area contributed by atoms with Gasteiger partial charge in [0.05, 0.1) is 12.0 Å². The number of alkyl halides is 3. The maximum Gasteiger partial charge on any atom is 0.391 e. The van der Waals surface area contributed by atoms with Crippen molar-refractivity contribution in [3.05, 3.63) is 0 Å². The number of nitrogens with zero attached hydrogens (tertiary/aromatic N) is 1. The van der Waals surface area contributed by atoms with Gasteiger partial charge in [0.1, 0.15) is 0 Å². The van der Waals surface area contributed by atoms with Crippen LogP contribution in [0.25, 0.3) is 0 Å². The summed E-state index contributed by atoms with van der Waals surface area (Å²) in [6.45, 7) is 13.1. The Morgan fingerprint density at radius 1 is 0.786 bits per heavy atom. The minimum absolute atomic E-state index is 0.153. The highest BCUT2D eigenvalue weighted by Crippen LogP contribution is 2.43. The summed E-state index contributed by atoms with van der Waals surface area (Å²) in [6, 6.07) is 0.153. The van der Waals surface area contributed by atoms with Crippen molar-refractivity contribution in [1.29, 1.82) is 0 Å². The van der Waals surface area contributed by atoms with Gasteiger partial charge >= 0.3 is 6.18 Å². The second-order valence-electron chi connectivity index (χ2n) is 10.6. The fourth-order valence-electron chi connectivity index (χ4n) is 5.34. The van der Waals surface area contributed by atoms with Crippen LogP contribution in [0.4, 0.5) is 13.2 Å². The maximum atomic E-state index is 13.1. The third kappa shape index (κ3) is 6.35. The van der Waals surface area contributed by atoms with Gasteiger partial charge in [-0.05, 0) is 84.0 Å². The molecule has 0 aliphatic heterocycles. The van der Waals surface area contributed by atoms with E-state index in [1.54, 1.807) is 0 Å². The van der Waals surface area contributed by atoms with Gasteiger partial charge in [0.15, 0.2) is 0 Å². The first-order valence-corrected chi connectivity index (χ1v) is 11.4. The van der Waals surface area contributed by atoms with Crippen LogP contribution in [0.3, 0.4) is 0 Å². The Morgan fingerprint density at radius 3 is 1.75 bits per heavy atom. The molecule has 2 rings (SSSR count). The zero-order chi connectivity index (χ0) is 21.1. The fraction of sp³-hybridized carbons (Fsp3) is 1.00. The third-order valence-corrected chi connectivity index (χ3v) is 6.93. The average Bonchev–Trinajstić information content (AvgIpc) is 2.60. The summed E-state index contributed by atoms with van der Waals surface area (Å²) in [7, 11) is 0. The average molecular weight is 406 g/mol. The Morgan fingerprint density at radius 2 is 1.32 bits per heavy atom. The van der Waals surface area contributed by atoms with Crippen molar-refractivity contribution in [2.75, 3.05) is 0 Å². The second-order valence-corrected chi connectivity index (χ2v) is 10.6. The number of hydroxylamine groups is 2. The van der Waals surface area contributed by atoms with Gasteiger partial charge in [-0.3, -0.25) is 4.84 Å². The predicted octanol–water partition coefficient (Wildman–Crippen LogP) is 7.38. The van der Waals surface area contributed by atoms with Crippen molar-refractivity contribution in [1.82, 2.24) is 5.06 Å². The molecule has 2 saturated carbocycles. The highest BCUT2D eigenvalue weighted by molar-refractivity contribution is 4.89. The molecule has 0 heterocycles. The van der Waals surface area contributed by atoms with Gasteiger partial charge in [-0.15, -0.1) is 0 Å². The molecule has 2 fully saturated rings. The van der Waals surface area contributed by atoms with Crippen LogP contribution in [-0.2, 0) is 4.84 Å². The highest BCUT2D eigenvalue weighted by Gasteiger charge is 2.45. The summed E-state index contributed by atoms with van der Waals surface area (Å²) < 4.78 is 39.4. The van der Waals surface area contributed by atoms with Gasteiger partial charge < -0.3 is 0 Å². The Balaban J connectivity index is 2.12. The molecule has 2 unspecified atom stereocenters. The molecular formula is C23H42F3NO. The maximum absolute atomic E-state index is 13.1. The van der Waals surface area contributed by atoms with Crippen LogP contribution in [0.1, 0.15) is 99.3 Å². The van der Waals surface area contributed by atoms with Crippen molar-refractivity contribution >= 4 is 0 Å². The normalized spacial score (nSPS) is 28.0.